The van der Waals surface area contributed by atoms with Gasteiger partial charge in [0.15, 0.2) is 0 Å². The Morgan fingerprint density at radius 2 is 2.04 bits per heavy atom. The fourth-order valence-corrected chi connectivity index (χ4v) is 8.74. The first-order valence-corrected chi connectivity index (χ1v) is 11.3. The third kappa shape index (κ3) is 3.04. The molecule has 3 aliphatic rings. The molecule has 1 N–H and O–H groups in total. The molecule has 0 radical (unpaired) electrons. The van der Waals surface area contributed by atoms with Gasteiger partial charge in [0.1, 0.15) is 5.75 Å². The van der Waals surface area contributed by atoms with Crippen LogP contribution in [0.15, 0.2) is 18.2 Å². The van der Waals surface area contributed by atoms with E-state index < -0.39 is 0 Å². The number of unbranched alkanes of at least 4 members (excludes halogenated alkanes) is 1. The Kier molecular flexibility index (Phi) is 4.62. The summed E-state index contributed by atoms with van der Waals surface area (Å²) >= 11 is 4.50. The van der Waals surface area contributed by atoms with E-state index in [1.54, 1.807) is 5.56 Å². The summed E-state index contributed by atoms with van der Waals surface area (Å²) in [5, 5.41) is 9.85. The van der Waals surface area contributed by atoms with Crippen LogP contribution in [0.4, 0.5) is 0 Å². The molecule has 3 heteroatoms. The lowest BCUT2D eigenvalue weighted by molar-refractivity contribution is 0.165. The minimum Gasteiger partial charge on any atom is -0.508 e. The van der Waals surface area contributed by atoms with Gasteiger partial charge in [0, 0.05) is 11.5 Å². The second-order valence-electron chi connectivity index (χ2n) is 7.61. The molecule has 1 aliphatic heterocycles. The van der Waals surface area contributed by atoms with Crippen molar-refractivity contribution in [3.63, 3.8) is 0 Å². The van der Waals surface area contributed by atoms with Gasteiger partial charge in [-0.3, -0.25) is 0 Å². The van der Waals surface area contributed by atoms with Gasteiger partial charge in [-0.25, -0.2) is 0 Å². The summed E-state index contributed by atoms with van der Waals surface area (Å²) in [4.78, 5) is 0. The van der Waals surface area contributed by atoms with E-state index in [4.69, 9.17) is 0 Å². The molecule has 1 aromatic rings. The van der Waals surface area contributed by atoms with Crippen molar-refractivity contribution in [1.82, 2.24) is 0 Å². The number of hydrogen-bond donors (Lipinski definition) is 1. The zero-order valence-corrected chi connectivity index (χ0v) is 15.7. The highest BCUT2D eigenvalue weighted by Crippen LogP contribution is 2.62. The second kappa shape index (κ2) is 6.55. The summed E-state index contributed by atoms with van der Waals surface area (Å²) in [5.41, 5.74) is 2.98. The summed E-state index contributed by atoms with van der Waals surface area (Å²) in [6.07, 6.45) is 9.44. The number of benzene rings is 1. The minimum absolute atomic E-state index is 0.444. The predicted octanol–water partition coefficient (Wildman–Crippen LogP) is 5.81. The third-order valence-electron chi connectivity index (χ3n) is 6.24. The quantitative estimate of drug-likeness (QED) is 0.744. The number of hydrogen-bond acceptors (Lipinski definition) is 3. The van der Waals surface area contributed by atoms with Crippen molar-refractivity contribution in [2.24, 2.45) is 11.8 Å². The summed E-state index contributed by atoms with van der Waals surface area (Å²) < 4.78 is 0.492. The molecule has 1 heterocycles. The number of phenolic OH excluding ortho intramolecular Hbond substituents is 1. The summed E-state index contributed by atoms with van der Waals surface area (Å²) in [5.74, 6) is 5.64. The van der Waals surface area contributed by atoms with Crippen molar-refractivity contribution in [3.05, 3.63) is 29.3 Å². The summed E-state index contributed by atoms with van der Waals surface area (Å²) in [6, 6.07) is 6.18. The van der Waals surface area contributed by atoms with Crippen molar-refractivity contribution in [3.8, 4) is 5.75 Å². The molecule has 0 amide bonds. The van der Waals surface area contributed by atoms with Crippen LogP contribution < -0.4 is 0 Å². The van der Waals surface area contributed by atoms with E-state index in [1.807, 2.05) is 12.1 Å². The molecule has 0 aromatic heterocycles. The lowest BCUT2D eigenvalue weighted by Gasteiger charge is -2.49. The highest BCUT2D eigenvalue weighted by molar-refractivity contribution is 8.21. The monoisotopic (exact) mass is 348 g/mol. The number of phenols is 1. The first-order valence-electron chi connectivity index (χ1n) is 9.30. The second-order valence-corrected chi connectivity index (χ2v) is 10.8. The zero-order valence-electron chi connectivity index (χ0n) is 14.1. The Labute approximate surface area is 149 Å². The molecular formula is C20H28OS2. The average molecular weight is 349 g/mol. The third-order valence-corrected chi connectivity index (χ3v) is 9.74. The minimum atomic E-state index is 0.444. The Morgan fingerprint density at radius 1 is 1.22 bits per heavy atom. The van der Waals surface area contributed by atoms with Gasteiger partial charge in [0.25, 0.3) is 0 Å². The maximum absolute atomic E-state index is 9.85. The van der Waals surface area contributed by atoms with Crippen LogP contribution in [-0.4, -0.2) is 20.7 Å². The SMILES string of the molecule is CCCCC1CC2(CC3c4ccc(O)cc4CCC13)SCCS2. The summed E-state index contributed by atoms with van der Waals surface area (Å²) in [6.45, 7) is 2.33. The maximum Gasteiger partial charge on any atom is 0.115 e. The van der Waals surface area contributed by atoms with Crippen molar-refractivity contribution in [2.45, 2.75) is 61.9 Å². The lowest BCUT2D eigenvalue weighted by atomic mass is 9.62. The first kappa shape index (κ1) is 16.2. The highest BCUT2D eigenvalue weighted by Gasteiger charge is 2.49. The van der Waals surface area contributed by atoms with Crippen molar-refractivity contribution < 1.29 is 5.11 Å². The molecular weight excluding hydrogens is 320 g/mol. The molecule has 3 unspecified atom stereocenters. The fourth-order valence-electron chi connectivity index (χ4n) is 5.23. The van der Waals surface area contributed by atoms with Gasteiger partial charge in [0.2, 0.25) is 0 Å². The molecule has 1 saturated carbocycles. The van der Waals surface area contributed by atoms with Crippen molar-refractivity contribution >= 4 is 23.5 Å². The van der Waals surface area contributed by atoms with Crippen LogP contribution in [-0.2, 0) is 6.42 Å². The lowest BCUT2D eigenvalue weighted by Crippen LogP contribution is -2.40. The molecule has 2 aliphatic carbocycles. The van der Waals surface area contributed by atoms with Crippen LogP contribution >= 0.6 is 23.5 Å². The Bertz CT molecular complexity index is 565. The van der Waals surface area contributed by atoms with Gasteiger partial charge < -0.3 is 5.11 Å². The predicted molar refractivity (Wildman–Crippen MR) is 103 cm³/mol. The number of aryl methyl sites for hydroxylation is 1. The number of fused-ring (bicyclic) bond motifs is 3. The number of rotatable bonds is 3. The molecule has 1 aromatic carbocycles. The topological polar surface area (TPSA) is 20.2 Å². The van der Waals surface area contributed by atoms with E-state index in [1.165, 1.54) is 62.0 Å². The molecule has 1 nitrogen and oxygen atoms in total. The van der Waals surface area contributed by atoms with E-state index in [-0.39, 0.29) is 0 Å². The van der Waals surface area contributed by atoms with Crippen LogP contribution in [0.5, 0.6) is 5.75 Å². The normalized spacial score (nSPS) is 31.8. The molecule has 2 fully saturated rings. The zero-order chi connectivity index (χ0) is 15.9. The Hall–Kier alpha value is -0.280. The van der Waals surface area contributed by atoms with Crippen LogP contribution in [0, 0.1) is 11.8 Å². The number of thioether (sulfide) groups is 2. The smallest absolute Gasteiger partial charge is 0.115 e. The van der Waals surface area contributed by atoms with Gasteiger partial charge in [-0.2, -0.15) is 0 Å². The molecule has 1 spiro atoms. The Morgan fingerprint density at radius 3 is 2.83 bits per heavy atom. The molecule has 0 bridgehead atoms. The standard InChI is InChI=1S/C20H28OS2/c1-2-3-4-15-12-20(22-9-10-23-20)13-19-17-8-6-16(21)11-14(17)5-7-18(15)19/h6,8,11,15,18-19,21H,2-5,7,9-10,12-13H2,1H3. The molecule has 3 atom stereocenters. The van der Waals surface area contributed by atoms with Gasteiger partial charge in [0.05, 0.1) is 4.08 Å². The Balaban J connectivity index is 1.67. The van der Waals surface area contributed by atoms with E-state index in [0.717, 1.165) is 17.8 Å². The molecule has 4 rings (SSSR count). The average Bonchev–Trinajstić information content (AvgIpc) is 2.99. The largest absolute Gasteiger partial charge is 0.508 e. The van der Waals surface area contributed by atoms with Gasteiger partial charge in [-0.05, 0) is 66.7 Å². The van der Waals surface area contributed by atoms with E-state index in [9.17, 15) is 5.11 Å². The van der Waals surface area contributed by atoms with Crippen molar-refractivity contribution in [2.75, 3.05) is 11.5 Å². The van der Waals surface area contributed by atoms with Gasteiger partial charge in [-0.1, -0.05) is 32.3 Å². The van der Waals surface area contributed by atoms with Crippen LogP contribution in [0.1, 0.15) is 62.5 Å². The van der Waals surface area contributed by atoms with E-state index in [0.29, 0.717) is 9.83 Å². The first-order chi connectivity index (χ1) is 11.2. The summed E-state index contributed by atoms with van der Waals surface area (Å²) in [7, 11) is 0. The van der Waals surface area contributed by atoms with Crippen LogP contribution in [0.25, 0.3) is 0 Å². The fraction of sp³-hybridized carbons (Fsp3) is 0.700. The van der Waals surface area contributed by atoms with Gasteiger partial charge >= 0.3 is 0 Å². The molecule has 1 saturated heterocycles. The van der Waals surface area contributed by atoms with E-state index in [2.05, 4.69) is 36.5 Å². The molecule has 126 valence electrons. The van der Waals surface area contributed by atoms with Crippen LogP contribution in [0.3, 0.4) is 0 Å². The highest BCUT2D eigenvalue weighted by atomic mass is 32.2. The number of aromatic hydroxyl groups is 1. The van der Waals surface area contributed by atoms with Gasteiger partial charge in [-0.15, -0.1) is 23.5 Å². The van der Waals surface area contributed by atoms with Crippen molar-refractivity contribution in [1.29, 1.82) is 0 Å². The molecule has 23 heavy (non-hydrogen) atoms. The van der Waals surface area contributed by atoms with Crippen LogP contribution in [0.2, 0.25) is 0 Å². The maximum atomic E-state index is 9.85. The van der Waals surface area contributed by atoms with E-state index >= 15 is 0 Å².